The average molecular weight is 260 g/mol. The largest absolute Gasteiger partial charge is 0.0988 e. The minimum absolute atomic E-state index is 0.994. The van der Waals surface area contributed by atoms with Crippen LogP contribution in [0, 0.1) is 0 Å². The van der Waals surface area contributed by atoms with Crippen molar-refractivity contribution in [3.05, 3.63) is 89.1 Å². The predicted octanol–water partition coefficient (Wildman–Crippen LogP) is 5.41. The monoisotopic (exact) mass is 260 g/mol. The van der Waals surface area contributed by atoms with E-state index in [0.29, 0.717) is 0 Å². The molecule has 20 heavy (non-hydrogen) atoms. The van der Waals surface area contributed by atoms with E-state index in [0.717, 1.165) is 12.8 Å². The molecule has 3 rings (SSSR count). The first-order valence-electron chi connectivity index (χ1n) is 7.32. The molecule has 0 bridgehead atoms. The van der Waals surface area contributed by atoms with Crippen molar-refractivity contribution < 1.29 is 0 Å². The van der Waals surface area contributed by atoms with Gasteiger partial charge in [-0.3, -0.25) is 0 Å². The van der Waals surface area contributed by atoms with Crippen molar-refractivity contribution in [1.29, 1.82) is 0 Å². The molecule has 100 valence electrons. The molecule has 0 amide bonds. The maximum atomic E-state index is 3.97. The van der Waals surface area contributed by atoms with Crippen LogP contribution in [0.4, 0.5) is 0 Å². The van der Waals surface area contributed by atoms with Crippen LogP contribution in [0.1, 0.15) is 30.4 Å². The minimum Gasteiger partial charge on any atom is -0.0988 e. The van der Waals surface area contributed by atoms with Gasteiger partial charge >= 0.3 is 0 Å². The van der Waals surface area contributed by atoms with Gasteiger partial charge in [0.15, 0.2) is 0 Å². The first-order valence-corrected chi connectivity index (χ1v) is 7.32. The van der Waals surface area contributed by atoms with Gasteiger partial charge in [0.05, 0.1) is 0 Å². The summed E-state index contributed by atoms with van der Waals surface area (Å²) in [5.74, 6) is 0. The van der Waals surface area contributed by atoms with Crippen molar-refractivity contribution in [3.63, 3.8) is 0 Å². The maximum absolute atomic E-state index is 3.97. The molecule has 0 spiro atoms. The molecule has 0 atom stereocenters. The first kappa shape index (κ1) is 12.9. The molecule has 0 saturated heterocycles. The molecule has 0 saturated carbocycles. The van der Waals surface area contributed by atoms with Crippen LogP contribution in [0.2, 0.25) is 0 Å². The lowest BCUT2D eigenvalue weighted by Gasteiger charge is -2.08. The Morgan fingerprint density at radius 1 is 1.20 bits per heavy atom. The molecule has 0 heterocycles. The normalized spacial score (nSPS) is 17.5. The highest BCUT2D eigenvalue weighted by molar-refractivity contribution is 5.66. The Bertz CT molecular complexity index is 636. The van der Waals surface area contributed by atoms with Crippen molar-refractivity contribution in [2.24, 2.45) is 0 Å². The third-order valence-electron chi connectivity index (χ3n) is 3.90. The van der Waals surface area contributed by atoms with Crippen LogP contribution in [0.3, 0.4) is 0 Å². The van der Waals surface area contributed by atoms with E-state index in [4.69, 9.17) is 0 Å². The van der Waals surface area contributed by atoms with Gasteiger partial charge in [0, 0.05) is 0 Å². The summed E-state index contributed by atoms with van der Waals surface area (Å²) in [7, 11) is 0. The van der Waals surface area contributed by atoms with Crippen LogP contribution in [0.15, 0.2) is 77.9 Å². The molecule has 0 fully saturated rings. The van der Waals surface area contributed by atoms with Gasteiger partial charge in [-0.15, -0.1) is 0 Å². The quantitative estimate of drug-likeness (QED) is 0.635. The van der Waals surface area contributed by atoms with E-state index in [1.54, 1.807) is 0 Å². The molecule has 2 aliphatic carbocycles. The van der Waals surface area contributed by atoms with E-state index in [1.807, 2.05) is 6.08 Å². The zero-order chi connectivity index (χ0) is 13.8. The van der Waals surface area contributed by atoms with Crippen LogP contribution in [0.5, 0.6) is 0 Å². The second kappa shape index (κ2) is 5.92. The molecule has 0 nitrogen and oxygen atoms in total. The van der Waals surface area contributed by atoms with E-state index in [9.17, 15) is 0 Å². The molecule has 0 radical (unpaired) electrons. The fourth-order valence-electron chi connectivity index (χ4n) is 2.85. The second-order valence-electron chi connectivity index (χ2n) is 5.45. The smallest absolute Gasteiger partial charge is 0.00195 e. The van der Waals surface area contributed by atoms with Gasteiger partial charge in [0.25, 0.3) is 0 Å². The lowest BCUT2D eigenvalue weighted by atomic mass is 9.98. The molecule has 0 unspecified atom stereocenters. The van der Waals surface area contributed by atoms with E-state index in [2.05, 4.69) is 61.2 Å². The van der Waals surface area contributed by atoms with E-state index >= 15 is 0 Å². The highest BCUT2D eigenvalue weighted by Gasteiger charge is 2.10. The third-order valence-corrected chi connectivity index (χ3v) is 3.90. The number of fused-ring (bicyclic) bond motifs is 1. The molecule has 0 aliphatic heterocycles. The predicted molar refractivity (Wildman–Crippen MR) is 87.5 cm³/mol. The number of rotatable bonds is 4. The Hall–Kier alpha value is -2.08. The number of allylic oxidation sites excluding steroid dienone is 8. The summed E-state index contributed by atoms with van der Waals surface area (Å²) in [4.78, 5) is 0. The fourth-order valence-corrected chi connectivity index (χ4v) is 2.85. The molecule has 1 aromatic carbocycles. The van der Waals surface area contributed by atoms with Crippen molar-refractivity contribution in [2.45, 2.75) is 25.7 Å². The molecular weight excluding hydrogens is 240 g/mol. The molecular formula is C20H20. The van der Waals surface area contributed by atoms with Gasteiger partial charge in [-0.25, -0.2) is 0 Å². The van der Waals surface area contributed by atoms with Crippen molar-refractivity contribution in [2.75, 3.05) is 0 Å². The summed E-state index contributed by atoms with van der Waals surface area (Å²) < 4.78 is 0. The van der Waals surface area contributed by atoms with Gasteiger partial charge in [-0.05, 0) is 53.5 Å². The van der Waals surface area contributed by atoms with Gasteiger partial charge < -0.3 is 0 Å². The summed E-state index contributed by atoms with van der Waals surface area (Å²) >= 11 is 0. The standard InChI is InChI=1S/C20H20/c1-2-16(12-17-8-4-3-5-9-17)13-18-14-19-10-6-7-11-20(19)15-18/h2,4,6-11,13-14H,1,3,5,12,15H2. The Morgan fingerprint density at radius 3 is 2.85 bits per heavy atom. The van der Waals surface area contributed by atoms with E-state index in [1.165, 1.54) is 40.7 Å². The molecule has 0 heteroatoms. The zero-order valence-corrected chi connectivity index (χ0v) is 11.8. The minimum atomic E-state index is 0.994. The number of hydrogen-bond donors (Lipinski definition) is 0. The van der Waals surface area contributed by atoms with Crippen LogP contribution in [-0.2, 0) is 6.42 Å². The summed E-state index contributed by atoms with van der Waals surface area (Å²) in [6.45, 7) is 3.97. The molecule has 0 N–H and O–H groups in total. The molecule has 1 aromatic rings. The van der Waals surface area contributed by atoms with Crippen LogP contribution < -0.4 is 0 Å². The molecule has 0 aromatic heterocycles. The van der Waals surface area contributed by atoms with Crippen LogP contribution in [0.25, 0.3) is 6.08 Å². The highest BCUT2D eigenvalue weighted by atomic mass is 14.1. The van der Waals surface area contributed by atoms with Crippen molar-refractivity contribution in [1.82, 2.24) is 0 Å². The molecule has 2 aliphatic rings. The summed E-state index contributed by atoms with van der Waals surface area (Å²) in [5.41, 5.74) is 6.90. The van der Waals surface area contributed by atoms with E-state index < -0.39 is 0 Å². The van der Waals surface area contributed by atoms with Gasteiger partial charge in [0.1, 0.15) is 0 Å². The topological polar surface area (TPSA) is 0 Å². The lowest BCUT2D eigenvalue weighted by molar-refractivity contribution is 0.994. The Morgan fingerprint density at radius 2 is 2.10 bits per heavy atom. The maximum Gasteiger partial charge on any atom is -0.00195 e. The number of hydrogen-bond acceptors (Lipinski definition) is 0. The van der Waals surface area contributed by atoms with Gasteiger partial charge in [-0.1, -0.05) is 67.3 Å². The third kappa shape index (κ3) is 2.91. The summed E-state index contributed by atoms with van der Waals surface area (Å²) in [6.07, 6.45) is 17.8. The SMILES string of the molecule is C=CC(=CC1=Cc2ccccc2C1)CC1=CCCC=C1. The Kier molecular flexibility index (Phi) is 3.83. The Balaban J connectivity index is 1.76. The van der Waals surface area contributed by atoms with Crippen LogP contribution in [-0.4, -0.2) is 0 Å². The van der Waals surface area contributed by atoms with E-state index in [-0.39, 0.29) is 0 Å². The van der Waals surface area contributed by atoms with Crippen molar-refractivity contribution in [3.8, 4) is 0 Å². The second-order valence-corrected chi connectivity index (χ2v) is 5.45. The van der Waals surface area contributed by atoms with Gasteiger partial charge in [-0.2, -0.15) is 0 Å². The highest BCUT2D eigenvalue weighted by Crippen LogP contribution is 2.27. The lowest BCUT2D eigenvalue weighted by Crippen LogP contribution is -1.89. The first-order chi connectivity index (χ1) is 9.85. The average Bonchev–Trinajstić information content (AvgIpc) is 2.90. The Labute approximate surface area is 121 Å². The van der Waals surface area contributed by atoms with Crippen molar-refractivity contribution >= 4 is 6.08 Å². The van der Waals surface area contributed by atoms with Gasteiger partial charge in [0.2, 0.25) is 0 Å². The number of benzene rings is 1. The summed E-state index contributed by atoms with van der Waals surface area (Å²) in [5, 5.41) is 0. The van der Waals surface area contributed by atoms with Crippen LogP contribution >= 0.6 is 0 Å². The zero-order valence-electron chi connectivity index (χ0n) is 11.8. The fraction of sp³-hybridized carbons (Fsp3) is 0.200. The summed E-state index contributed by atoms with van der Waals surface area (Å²) in [6, 6.07) is 8.63.